The van der Waals surface area contributed by atoms with Gasteiger partial charge < -0.3 is 20.1 Å². The molecule has 2 unspecified atom stereocenters. The first-order chi connectivity index (χ1) is 11.7. The number of likely N-dealkylation sites (N-methyl/N-ethyl adjacent to an activating group) is 1. The first-order valence-electron chi connectivity index (χ1n) is 8.79. The van der Waals surface area contributed by atoms with Crippen LogP contribution < -0.4 is 20.1 Å². The van der Waals surface area contributed by atoms with Crippen molar-refractivity contribution in [3.63, 3.8) is 0 Å². The van der Waals surface area contributed by atoms with E-state index in [1.807, 2.05) is 32.2 Å². The Morgan fingerprint density at radius 2 is 2.00 bits per heavy atom. The molecule has 1 aromatic carbocycles. The third-order valence-corrected chi connectivity index (χ3v) is 4.80. The Balaban J connectivity index is 0.00000225. The van der Waals surface area contributed by atoms with Crippen LogP contribution in [0, 0.1) is 0 Å². The standard InChI is InChI=1S/C18H27N3O3.ClH/c1-13(21-8-3-5-15(12-21)19-2)18(22)20-14-6-7-16-17(11-14)24-10-4-9-23-16;/h6-7,11,13,15,19H,3-5,8-10,12H2,1-2H3,(H,20,22);1H. The molecule has 7 heteroatoms. The Kier molecular flexibility index (Phi) is 7.35. The first kappa shape index (κ1) is 19.8. The highest BCUT2D eigenvalue weighted by molar-refractivity contribution is 5.94. The molecule has 0 aromatic heterocycles. The zero-order valence-corrected chi connectivity index (χ0v) is 15.7. The van der Waals surface area contributed by atoms with Gasteiger partial charge >= 0.3 is 0 Å². The second-order valence-corrected chi connectivity index (χ2v) is 6.50. The summed E-state index contributed by atoms with van der Waals surface area (Å²) in [5, 5.41) is 6.32. The number of fused-ring (bicyclic) bond motifs is 1. The van der Waals surface area contributed by atoms with Crippen molar-refractivity contribution in [1.29, 1.82) is 0 Å². The van der Waals surface area contributed by atoms with Gasteiger partial charge in [0, 0.05) is 30.8 Å². The summed E-state index contributed by atoms with van der Waals surface area (Å²) < 4.78 is 11.3. The molecule has 0 saturated carbocycles. The van der Waals surface area contributed by atoms with Crippen molar-refractivity contribution in [1.82, 2.24) is 10.2 Å². The summed E-state index contributed by atoms with van der Waals surface area (Å²) in [5.74, 6) is 1.46. The molecule has 1 fully saturated rings. The van der Waals surface area contributed by atoms with E-state index in [0.717, 1.165) is 37.4 Å². The van der Waals surface area contributed by atoms with E-state index in [4.69, 9.17) is 9.47 Å². The number of anilines is 1. The van der Waals surface area contributed by atoms with E-state index in [0.29, 0.717) is 25.0 Å². The maximum absolute atomic E-state index is 12.6. The van der Waals surface area contributed by atoms with Gasteiger partial charge in [0.2, 0.25) is 5.91 Å². The zero-order valence-electron chi connectivity index (χ0n) is 14.9. The lowest BCUT2D eigenvalue weighted by Crippen LogP contribution is -2.51. The minimum Gasteiger partial charge on any atom is -0.490 e. The van der Waals surface area contributed by atoms with Crippen LogP contribution in [0.2, 0.25) is 0 Å². The van der Waals surface area contributed by atoms with E-state index < -0.39 is 0 Å². The average molecular weight is 370 g/mol. The van der Waals surface area contributed by atoms with Gasteiger partial charge in [0.25, 0.3) is 0 Å². The molecule has 2 N–H and O–H groups in total. The fourth-order valence-corrected chi connectivity index (χ4v) is 3.25. The first-order valence-corrected chi connectivity index (χ1v) is 8.79. The van der Waals surface area contributed by atoms with Crippen LogP contribution in [0.5, 0.6) is 11.5 Å². The van der Waals surface area contributed by atoms with Crippen molar-refractivity contribution in [3.8, 4) is 11.5 Å². The van der Waals surface area contributed by atoms with Gasteiger partial charge in [0.1, 0.15) is 0 Å². The van der Waals surface area contributed by atoms with E-state index >= 15 is 0 Å². The molecule has 3 rings (SSSR count). The Bertz CT molecular complexity index is 585. The molecule has 140 valence electrons. The Labute approximate surface area is 155 Å². The third kappa shape index (κ3) is 5.00. The molecular formula is C18H28ClN3O3. The maximum Gasteiger partial charge on any atom is 0.241 e. The topological polar surface area (TPSA) is 62.8 Å². The van der Waals surface area contributed by atoms with Gasteiger partial charge in [-0.3, -0.25) is 9.69 Å². The fraction of sp³-hybridized carbons (Fsp3) is 0.611. The van der Waals surface area contributed by atoms with Crippen LogP contribution in [0.15, 0.2) is 18.2 Å². The monoisotopic (exact) mass is 369 g/mol. The summed E-state index contributed by atoms with van der Waals surface area (Å²) >= 11 is 0. The number of hydrogen-bond acceptors (Lipinski definition) is 5. The molecule has 0 spiro atoms. The summed E-state index contributed by atoms with van der Waals surface area (Å²) in [6, 6.07) is 5.88. The average Bonchev–Trinajstić information content (AvgIpc) is 2.86. The fourth-order valence-electron chi connectivity index (χ4n) is 3.25. The molecule has 2 aliphatic heterocycles. The molecule has 2 atom stereocenters. The summed E-state index contributed by atoms with van der Waals surface area (Å²) in [6.45, 7) is 5.15. The quantitative estimate of drug-likeness (QED) is 0.852. The number of piperidine rings is 1. The summed E-state index contributed by atoms with van der Waals surface area (Å²) in [4.78, 5) is 14.8. The molecule has 1 saturated heterocycles. The summed E-state index contributed by atoms with van der Waals surface area (Å²) in [6.07, 6.45) is 3.16. The van der Waals surface area contributed by atoms with Crippen LogP contribution in [-0.4, -0.2) is 56.2 Å². The largest absolute Gasteiger partial charge is 0.490 e. The Morgan fingerprint density at radius 3 is 2.76 bits per heavy atom. The van der Waals surface area contributed by atoms with Crippen molar-refractivity contribution in [2.75, 3.05) is 38.7 Å². The van der Waals surface area contributed by atoms with E-state index in [9.17, 15) is 4.79 Å². The van der Waals surface area contributed by atoms with Gasteiger partial charge in [0.15, 0.2) is 11.5 Å². The number of likely N-dealkylation sites (tertiary alicyclic amines) is 1. The molecule has 6 nitrogen and oxygen atoms in total. The number of rotatable bonds is 4. The molecule has 1 amide bonds. The highest BCUT2D eigenvalue weighted by Crippen LogP contribution is 2.32. The zero-order chi connectivity index (χ0) is 16.9. The lowest BCUT2D eigenvalue weighted by molar-refractivity contribution is -0.121. The Hall–Kier alpha value is -1.50. The molecule has 0 aliphatic carbocycles. The molecule has 2 heterocycles. The predicted molar refractivity (Wildman–Crippen MR) is 101 cm³/mol. The van der Waals surface area contributed by atoms with Gasteiger partial charge in [-0.05, 0) is 45.5 Å². The lowest BCUT2D eigenvalue weighted by Gasteiger charge is -2.35. The molecular weight excluding hydrogens is 342 g/mol. The number of benzene rings is 1. The Morgan fingerprint density at radius 1 is 1.24 bits per heavy atom. The lowest BCUT2D eigenvalue weighted by atomic mass is 10.0. The predicted octanol–water partition coefficient (Wildman–Crippen LogP) is 2.28. The number of ether oxygens (including phenoxy) is 2. The maximum atomic E-state index is 12.6. The summed E-state index contributed by atoms with van der Waals surface area (Å²) in [7, 11) is 1.98. The molecule has 1 aromatic rings. The van der Waals surface area contributed by atoms with E-state index in [2.05, 4.69) is 15.5 Å². The van der Waals surface area contributed by atoms with Gasteiger partial charge in [0.05, 0.1) is 19.3 Å². The second kappa shape index (κ2) is 9.27. The van der Waals surface area contributed by atoms with Gasteiger partial charge in [-0.15, -0.1) is 12.4 Å². The number of nitrogens with one attached hydrogen (secondary N) is 2. The number of hydrogen-bond donors (Lipinski definition) is 2. The van der Waals surface area contributed by atoms with Gasteiger partial charge in [-0.1, -0.05) is 0 Å². The highest BCUT2D eigenvalue weighted by Gasteiger charge is 2.27. The second-order valence-electron chi connectivity index (χ2n) is 6.50. The van der Waals surface area contributed by atoms with Crippen molar-refractivity contribution in [2.24, 2.45) is 0 Å². The van der Waals surface area contributed by atoms with E-state index in [1.165, 1.54) is 6.42 Å². The molecule has 0 radical (unpaired) electrons. The van der Waals surface area contributed by atoms with Crippen molar-refractivity contribution in [2.45, 2.75) is 38.3 Å². The highest BCUT2D eigenvalue weighted by atomic mass is 35.5. The van der Waals surface area contributed by atoms with Crippen LogP contribution in [-0.2, 0) is 4.79 Å². The normalized spacial score (nSPS) is 21.6. The van der Waals surface area contributed by atoms with Crippen molar-refractivity contribution < 1.29 is 14.3 Å². The van der Waals surface area contributed by atoms with E-state index in [1.54, 1.807) is 0 Å². The molecule has 0 bridgehead atoms. The van der Waals surface area contributed by atoms with E-state index in [-0.39, 0.29) is 24.4 Å². The van der Waals surface area contributed by atoms with Crippen LogP contribution in [0.3, 0.4) is 0 Å². The number of nitrogens with zero attached hydrogens (tertiary/aromatic N) is 1. The van der Waals surface area contributed by atoms with Crippen LogP contribution in [0.1, 0.15) is 26.2 Å². The minimum absolute atomic E-state index is 0. The van der Waals surface area contributed by atoms with Gasteiger partial charge in [-0.25, -0.2) is 0 Å². The molecule has 25 heavy (non-hydrogen) atoms. The van der Waals surface area contributed by atoms with Crippen LogP contribution >= 0.6 is 12.4 Å². The number of amides is 1. The van der Waals surface area contributed by atoms with Gasteiger partial charge in [-0.2, -0.15) is 0 Å². The summed E-state index contributed by atoms with van der Waals surface area (Å²) in [5.41, 5.74) is 0.748. The van der Waals surface area contributed by atoms with Crippen molar-refractivity contribution in [3.05, 3.63) is 18.2 Å². The number of halogens is 1. The SMILES string of the molecule is CNC1CCCN(C(C)C(=O)Nc2ccc3c(c2)OCCCO3)C1.Cl. The van der Waals surface area contributed by atoms with Crippen LogP contribution in [0.4, 0.5) is 5.69 Å². The van der Waals surface area contributed by atoms with Crippen LogP contribution in [0.25, 0.3) is 0 Å². The minimum atomic E-state index is -0.155. The number of carbonyl (C=O) groups excluding carboxylic acids is 1. The third-order valence-electron chi connectivity index (χ3n) is 4.80. The number of carbonyl (C=O) groups is 1. The van der Waals surface area contributed by atoms with Crippen molar-refractivity contribution >= 4 is 24.0 Å². The molecule has 2 aliphatic rings. The smallest absolute Gasteiger partial charge is 0.241 e.